The molecular formula is C17H34N2O. The molecule has 0 spiro atoms. The van der Waals surface area contributed by atoms with Crippen LogP contribution in [0, 0.1) is 11.3 Å². The third-order valence-corrected chi connectivity index (χ3v) is 5.96. The van der Waals surface area contributed by atoms with Crippen LogP contribution >= 0.6 is 0 Å². The predicted octanol–water partition coefficient (Wildman–Crippen LogP) is 3.03. The zero-order valence-electron chi connectivity index (χ0n) is 14.0. The number of hydrogen-bond donors (Lipinski definition) is 1. The van der Waals surface area contributed by atoms with E-state index < -0.39 is 0 Å². The average Bonchev–Trinajstić information content (AvgIpc) is 2.82. The van der Waals surface area contributed by atoms with Crippen molar-refractivity contribution in [1.82, 2.24) is 4.90 Å². The van der Waals surface area contributed by atoms with Gasteiger partial charge >= 0.3 is 0 Å². The Bertz CT molecular complexity index is 307. The van der Waals surface area contributed by atoms with Crippen LogP contribution in [0.4, 0.5) is 0 Å². The van der Waals surface area contributed by atoms with Crippen LogP contribution in [0.15, 0.2) is 0 Å². The van der Waals surface area contributed by atoms with Crippen molar-refractivity contribution >= 4 is 0 Å². The highest BCUT2D eigenvalue weighted by Gasteiger charge is 2.41. The Hall–Kier alpha value is -0.120. The zero-order valence-corrected chi connectivity index (χ0v) is 14.0. The maximum absolute atomic E-state index is 6.25. The van der Waals surface area contributed by atoms with Crippen molar-refractivity contribution in [3.05, 3.63) is 0 Å². The Morgan fingerprint density at radius 2 is 1.95 bits per heavy atom. The molecule has 0 aromatic rings. The molecule has 20 heavy (non-hydrogen) atoms. The maximum atomic E-state index is 6.25. The summed E-state index contributed by atoms with van der Waals surface area (Å²) in [5.74, 6) is 0.837. The second kappa shape index (κ2) is 6.33. The molecule has 3 heteroatoms. The smallest absolute Gasteiger partial charge is 0.0622 e. The van der Waals surface area contributed by atoms with Crippen molar-refractivity contribution in [2.75, 3.05) is 26.8 Å². The summed E-state index contributed by atoms with van der Waals surface area (Å²) in [5, 5.41) is 0. The first-order chi connectivity index (χ1) is 9.39. The largest absolute Gasteiger partial charge is 0.380 e. The van der Waals surface area contributed by atoms with E-state index in [0.29, 0.717) is 11.5 Å². The lowest BCUT2D eigenvalue weighted by Crippen LogP contribution is -2.56. The minimum atomic E-state index is 0.207. The first-order valence-corrected chi connectivity index (χ1v) is 8.40. The minimum absolute atomic E-state index is 0.207. The highest BCUT2D eigenvalue weighted by Crippen LogP contribution is 2.42. The Kier molecular flexibility index (Phi) is 5.14. The Morgan fingerprint density at radius 3 is 2.50 bits per heavy atom. The van der Waals surface area contributed by atoms with Crippen LogP contribution in [0.25, 0.3) is 0 Å². The van der Waals surface area contributed by atoms with E-state index in [1.165, 1.54) is 38.5 Å². The van der Waals surface area contributed by atoms with Gasteiger partial charge in [-0.25, -0.2) is 0 Å². The van der Waals surface area contributed by atoms with E-state index >= 15 is 0 Å². The van der Waals surface area contributed by atoms with E-state index in [1.54, 1.807) is 0 Å². The van der Waals surface area contributed by atoms with Crippen molar-refractivity contribution in [2.45, 2.75) is 70.9 Å². The zero-order chi connectivity index (χ0) is 14.8. The first kappa shape index (κ1) is 16.3. The monoisotopic (exact) mass is 282 g/mol. The van der Waals surface area contributed by atoms with Crippen LogP contribution in [0.2, 0.25) is 0 Å². The van der Waals surface area contributed by atoms with Gasteiger partial charge in [0.25, 0.3) is 0 Å². The molecule has 2 aliphatic rings. The van der Waals surface area contributed by atoms with Crippen LogP contribution < -0.4 is 5.73 Å². The summed E-state index contributed by atoms with van der Waals surface area (Å²) in [4.78, 5) is 2.57. The molecule has 1 saturated carbocycles. The number of hydrogen-bond acceptors (Lipinski definition) is 3. The van der Waals surface area contributed by atoms with Crippen LogP contribution in [-0.2, 0) is 4.74 Å². The summed E-state index contributed by atoms with van der Waals surface area (Å²) in [6.07, 6.45) is 7.67. The van der Waals surface area contributed by atoms with E-state index in [1.807, 2.05) is 0 Å². The maximum Gasteiger partial charge on any atom is 0.0622 e. The Labute approximate surface area is 125 Å². The number of likely N-dealkylation sites (N-methyl/N-ethyl adjacent to an activating group) is 1. The van der Waals surface area contributed by atoms with Gasteiger partial charge < -0.3 is 10.5 Å². The van der Waals surface area contributed by atoms with E-state index in [0.717, 1.165) is 25.7 Å². The van der Waals surface area contributed by atoms with Gasteiger partial charge in [0.15, 0.2) is 0 Å². The summed E-state index contributed by atoms with van der Waals surface area (Å²) in [6.45, 7) is 9.77. The van der Waals surface area contributed by atoms with E-state index in [2.05, 4.69) is 32.7 Å². The molecule has 3 unspecified atom stereocenters. The highest BCUT2D eigenvalue weighted by molar-refractivity contribution is 4.97. The van der Waals surface area contributed by atoms with Gasteiger partial charge in [-0.1, -0.05) is 27.2 Å². The number of ether oxygens (including phenoxy) is 1. The average molecular weight is 282 g/mol. The van der Waals surface area contributed by atoms with E-state index in [-0.39, 0.29) is 5.54 Å². The molecule has 2 N–H and O–H groups in total. The molecule has 3 atom stereocenters. The SMILES string of the molecule is CN(C1CCOC1)C1(CN)CCCC(C(C)(C)C)CC1. The second-order valence-electron chi connectivity index (χ2n) is 8.05. The quantitative estimate of drug-likeness (QED) is 0.809. The summed E-state index contributed by atoms with van der Waals surface area (Å²) < 4.78 is 5.58. The molecule has 1 aliphatic carbocycles. The standard InChI is InChI=1S/C17H34N2O/c1-16(2,3)14-6-5-9-17(13-18,10-7-14)19(4)15-8-11-20-12-15/h14-15H,5-13,18H2,1-4H3. The van der Waals surface area contributed by atoms with Crippen molar-refractivity contribution in [2.24, 2.45) is 17.1 Å². The topological polar surface area (TPSA) is 38.5 Å². The minimum Gasteiger partial charge on any atom is -0.380 e. The lowest BCUT2D eigenvalue weighted by molar-refractivity contribution is 0.0515. The van der Waals surface area contributed by atoms with Gasteiger partial charge in [-0.3, -0.25) is 4.90 Å². The molecule has 0 aromatic carbocycles. The molecule has 1 saturated heterocycles. The summed E-state index contributed by atoms with van der Waals surface area (Å²) in [6, 6.07) is 0.574. The van der Waals surface area contributed by atoms with Crippen LogP contribution in [-0.4, -0.2) is 43.3 Å². The van der Waals surface area contributed by atoms with Crippen molar-refractivity contribution in [3.8, 4) is 0 Å². The Balaban J connectivity index is 2.07. The number of rotatable bonds is 3. The molecule has 118 valence electrons. The van der Waals surface area contributed by atoms with E-state index in [4.69, 9.17) is 10.5 Å². The fourth-order valence-corrected chi connectivity index (χ4v) is 4.17. The Morgan fingerprint density at radius 1 is 1.20 bits per heavy atom. The van der Waals surface area contributed by atoms with Crippen molar-refractivity contribution < 1.29 is 4.74 Å². The van der Waals surface area contributed by atoms with Crippen molar-refractivity contribution in [3.63, 3.8) is 0 Å². The normalized spacial score (nSPS) is 36.3. The molecule has 0 amide bonds. The van der Waals surface area contributed by atoms with E-state index in [9.17, 15) is 0 Å². The molecule has 2 rings (SSSR count). The van der Waals surface area contributed by atoms with Crippen LogP contribution in [0.3, 0.4) is 0 Å². The van der Waals surface area contributed by atoms with Crippen LogP contribution in [0.1, 0.15) is 59.3 Å². The van der Waals surface area contributed by atoms with Crippen molar-refractivity contribution in [1.29, 1.82) is 0 Å². The summed E-state index contributed by atoms with van der Waals surface area (Å²) >= 11 is 0. The second-order valence-corrected chi connectivity index (χ2v) is 8.05. The van der Waals surface area contributed by atoms with Gasteiger partial charge in [0, 0.05) is 24.7 Å². The fourth-order valence-electron chi connectivity index (χ4n) is 4.17. The molecule has 1 aliphatic heterocycles. The molecule has 0 radical (unpaired) electrons. The molecule has 2 fully saturated rings. The molecule has 0 aromatic heterocycles. The number of nitrogens with two attached hydrogens (primary N) is 1. The predicted molar refractivity (Wildman–Crippen MR) is 84.8 cm³/mol. The van der Waals surface area contributed by atoms with Gasteiger partial charge in [0.1, 0.15) is 0 Å². The van der Waals surface area contributed by atoms with Gasteiger partial charge in [0.2, 0.25) is 0 Å². The van der Waals surface area contributed by atoms with Crippen LogP contribution in [0.5, 0.6) is 0 Å². The van der Waals surface area contributed by atoms with Gasteiger partial charge in [-0.15, -0.1) is 0 Å². The molecule has 1 heterocycles. The number of nitrogens with zero attached hydrogens (tertiary/aromatic N) is 1. The summed E-state index contributed by atoms with van der Waals surface area (Å²) in [7, 11) is 2.28. The molecular weight excluding hydrogens is 248 g/mol. The third-order valence-electron chi connectivity index (χ3n) is 5.96. The lowest BCUT2D eigenvalue weighted by Gasteiger charge is -2.44. The van der Waals surface area contributed by atoms with Gasteiger partial charge in [-0.2, -0.15) is 0 Å². The fraction of sp³-hybridized carbons (Fsp3) is 1.00. The van der Waals surface area contributed by atoms with Gasteiger partial charge in [-0.05, 0) is 50.5 Å². The molecule has 0 bridgehead atoms. The summed E-state index contributed by atoms with van der Waals surface area (Å²) in [5.41, 5.74) is 6.89. The first-order valence-electron chi connectivity index (χ1n) is 8.40. The lowest BCUT2D eigenvalue weighted by atomic mass is 9.76. The van der Waals surface area contributed by atoms with Gasteiger partial charge in [0.05, 0.1) is 6.61 Å². The molecule has 3 nitrogen and oxygen atoms in total. The highest BCUT2D eigenvalue weighted by atomic mass is 16.5. The third kappa shape index (κ3) is 3.37.